The lowest BCUT2D eigenvalue weighted by Gasteiger charge is -2.35. The first-order valence-electron chi connectivity index (χ1n) is 8.84. The molecule has 1 aromatic heterocycles. The molecular formula is C18H32IN5. The monoisotopic (exact) mass is 445 g/mol. The van der Waals surface area contributed by atoms with Crippen molar-refractivity contribution in [2.75, 3.05) is 26.7 Å². The molecule has 1 aliphatic rings. The van der Waals surface area contributed by atoms with Crippen LogP contribution in [0.4, 0.5) is 0 Å². The van der Waals surface area contributed by atoms with Gasteiger partial charge in [0.25, 0.3) is 0 Å². The van der Waals surface area contributed by atoms with Crippen molar-refractivity contribution in [2.24, 2.45) is 4.99 Å². The molecule has 1 unspecified atom stereocenters. The van der Waals surface area contributed by atoms with Gasteiger partial charge in [0.15, 0.2) is 5.96 Å². The Bertz CT molecular complexity index is 506. The molecule has 1 aliphatic heterocycles. The number of aromatic nitrogens is 1. The Morgan fingerprint density at radius 3 is 2.88 bits per heavy atom. The fraction of sp³-hybridized carbons (Fsp3) is 0.667. The quantitative estimate of drug-likeness (QED) is 0.402. The van der Waals surface area contributed by atoms with Crippen LogP contribution in [0.5, 0.6) is 0 Å². The van der Waals surface area contributed by atoms with E-state index in [1.807, 2.05) is 32.2 Å². The Kier molecular flexibility index (Phi) is 10.2. The van der Waals surface area contributed by atoms with E-state index in [4.69, 9.17) is 0 Å². The summed E-state index contributed by atoms with van der Waals surface area (Å²) in [6.07, 6.45) is 5.33. The highest BCUT2D eigenvalue weighted by Crippen LogP contribution is 2.18. The first-order valence-corrected chi connectivity index (χ1v) is 8.84. The second-order valence-corrected chi connectivity index (χ2v) is 6.22. The normalized spacial score (nSPS) is 18.8. The van der Waals surface area contributed by atoms with Crippen LogP contribution in [0.25, 0.3) is 0 Å². The fourth-order valence-corrected chi connectivity index (χ4v) is 3.23. The van der Waals surface area contributed by atoms with Crippen LogP contribution >= 0.6 is 24.0 Å². The largest absolute Gasteiger partial charge is 0.355 e. The molecule has 2 heterocycles. The number of nitrogens with one attached hydrogen (secondary N) is 2. The van der Waals surface area contributed by atoms with Crippen molar-refractivity contribution in [1.29, 1.82) is 0 Å². The molecule has 0 radical (unpaired) electrons. The lowest BCUT2D eigenvalue weighted by atomic mass is 10.0. The van der Waals surface area contributed by atoms with Crippen LogP contribution in [0.3, 0.4) is 0 Å². The van der Waals surface area contributed by atoms with Gasteiger partial charge in [0.05, 0.1) is 12.2 Å². The third-order valence-electron chi connectivity index (χ3n) is 4.52. The Balaban J connectivity index is 0.00000288. The van der Waals surface area contributed by atoms with E-state index in [0.29, 0.717) is 6.54 Å². The summed E-state index contributed by atoms with van der Waals surface area (Å²) in [6, 6.07) is 6.85. The molecule has 6 heteroatoms. The number of halogens is 1. The number of aryl methyl sites for hydroxylation is 1. The second-order valence-electron chi connectivity index (χ2n) is 6.22. The maximum absolute atomic E-state index is 4.50. The van der Waals surface area contributed by atoms with Gasteiger partial charge >= 0.3 is 0 Å². The maximum Gasteiger partial charge on any atom is 0.191 e. The van der Waals surface area contributed by atoms with Gasteiger partial charge in [-0.1, -0.05) is 19.4 Å². The van der Waals surface area contributed by atoms with E-state index < -0.39 is 0 Å². The number of piperidine rings is 1. The zero-order chi connectivity index (χ0) is 16.5. The zero-order valence-corrected chi connectivity index (χ0v) is 17.5. The van der Waals surface area contributed by atoms with Crippen molar-refractivity contribution < 1.29 is 0 Å². The molecule has 0 saturated carbocycles. The van der Waals surface area contributed by atoms with Gasteiger partial charge in [-0.3, -0.25) is 14.9 Å². The topological polar surface area (TPSA) is 52.5 Å². The molecule has 1 saturated heterocycles. The van der Waals surface area contributed by atoms with E-state index in [0.717, 1.165) is 36.5 Å². The van der Waals surface area contributed by atoms with Gasteiger partial charge in [-0.25, -0.2) is 0 Å². The summed E-state index contributed by atoms with van der Waals surface area (Å²) >= 11 is 0. The van der Waals surface area contributed by atoms with Gasteiger partial charge in [0.1, 0.15) is 0 Å². The van der Waals surface area contributed by atoms with Gasteiger partial charge in [-0.2, -0.15) is 0 Å². The second kappa shape index (κ2) is 11.6. The van der Waals surface area contributed by atoms with Crippen molar-refractivity contribution in [3.63, 3.8) is 0 Å². The van der Waals surface area contributed by atoms with Crippen molar-refractivity contribution in [1.82, 2.24) is 20.5 Å². The minimum Gasteiger partial charge on any atom is -0.355 e. The molecule has 0 bridgehead atoms. The average molecular weight is 445 g/mol. The predicted molar refractivity (Wildman–Crippen MR) is 112 cm³/mol. The lowest BCUT2D eigenvalue weighted by molar-refractivity contribution is 0.147. The molecule has 0 spiro atoms. The molecule has 136 valence electrons. The SMILES string of the molecule is CCC1CCCCN1CCNC(=NC)NCc1cccc(C)n1.I. The minimum atomic E-state index is 0. The first-order chi connectivity index (χ1) is 11.2. The molecule has 2 rings (SSSR count). The van der Waals surface area contributed by atoms with E-state index in [1.54, 1.807) is 0 Å². The molecule has 2 N–H and O–H groups in total. The van der Waals surface area contributed by atoms with Crippen LogP contribution in [0.1, 0.15) is 44.0 Å². The highest BCUT2D eigenvalue weighted by molar-refractivity contribution is 14.0. The third kappa shape index (κ3) is 6.93. The van der Waals surface area contributed by atoms with Crippen molar-refractivity contribution >= 4 is 29.9 Å². The summed E-state index contributed by atoms with van der Waals surface area (Å²) in [4.78, 5) is 11.4. The molecule has 0 amide bonds. The van der Waals surface area contributed by atoms with Crippen molar-refractivity contribution in [2.45, 2.75) is 52.1 Å². The fourth-order valence-electron chi connectivity index (χ4n) is 3.23. The van der Waals surface area contributed by atoms with Crippen LogP contribution in [0, 0.1) is 6.92 Å². The molecule has 5 nitrogen and oxygen atoms in total. The van der Waals surface area contributed by atoms with Gasteiger partial charge in [-0.15, -0.1) is 24.0 Å². The average Bonchev–Trinajstić information content (AvgIpc) is 2.58. The molecule has 1 fully saturated rings. The number of pyridine rings is 1. The maximum atomic E-state index is 4.50. The number of rotatable bonds is 6. The smallest absolute Gasteiger partial charge is 0.191 e. The van der Waals surface area contributed by atoms with Crippen LogP contribution in [-0.2, 0) is 6.54 Å². The molecular weight excluding hydrogens is 413 g/mol. The summed E-state index contributed by atoms with van der Waals surface area (Å²) < 4.78 is 0. The highest BCUT2D eigenvalue weighted by Gasteiger charge is 2.19. The number of hydrogen-bond donors (Lipinski definition) is 2. The van der Waals surface area contributed by atoms with Gasteiger partial charge < -0.3 is 10.6 Å². The molecule has 1 aromatic rings. The van der Waals surface area contributed by atoms with Crippen molar-refractivity contribution in [3.8, 4) is 0 Å². The highest BCUT2D eigenvalue weighted by atomic mass is 127. The minimum absolute atomic E-state index is 0. The Morgan fingerprint density at radius 1 is 1.33 bits per heavy atom. The Hall–Kier alpha value is -0.890. The molecule has 1 atom stereocenters. The van der Waals surface area contributed by atoms with Gasteiger partial charge in [-0.05, 0) is 44.9 Å². The number of nitrogens with zero attached hydrogens (tertiary/aromatic N) is 3. The molecule has 24 heavy (non-hydrogen) atoms. The summed E-state index contributed by atoms with van der Waals surface area (Å²) in [5.74, 6) is 0.846. The summed E-state index contributed by atoms with van der Waals surface area (Å²) in [7, 11) is 1.81. The van der Waals surface area contributed by atoms with Gasteiger partial charge in [0, 0.05) is 31.9 Å². The summed E-state index contributed by atoms with van der Waals surface area (Å²) in [6.45, 7) is 8.26. The number of likely N-dealkylation sites (tertiary alicyclic amines) is 1. The van der Waals surface area contributed by atoms with Crippen LogP contribution < -0.4 is 10.6 Å². The summed E-state index contributed by atoms with van der Waals surface area (Å²) in [5, 5.41) is 6.75. The Morgan fingerprint density at radius 2 is 2.17 bits per heavy atom. The van der Waals surface area contributed by atoms with E-state index in [2.05, 4.69) is 32.4 Å². The number of aliphatic imine (C=N–C) groups is 1. The Labute approximate surface area is 163 Å². The van der Waals surface area contributed by atoms with E-state index in [-0.39, 0.29) is 24.0 Å². The first kappa shape index (κ1) is 21.2. The van der Waals surface area contributed by atoms with E-state index in [1.165, 1.54) is 32.2 Å². The number of hydrogen-bond acceptors (Lipinski definition) is 3. The summed E-state index contributed by atoms with van der Waals surface area (Å²) in [5.41, 5.74) is 2.08. The van der Waals surface area contributed by atoms with Crippen LogP contribution in [0.15, 0.2) is 23.2 Å². The standard InChI is InChI=1S/C18H31N5.HI/c1-4-17-10-5-6-12-23(17)13-11-20-18(19-3)21-14-16-9-7-8-15(2)22-16;/h7-9,17H,4-6,10-14H2,1-3H3,(H2,19,20,21);1H. The van der Waals surface area contributed by atoms with Crippen LogP contribution in [0.2, 0.25) is 0 Å². The molecule has 0 aliphatic carbocycles. The molecule has 0 aromatic carbocycles. The van der Waals surface area contributed by atoms with Gasteiger partial charge in [0.2, 0.25) is 0 Å². The third-order valence-corrected chi connectivity index (χ3v) is 4.52. The van der Waals surface area contributed by atoms with E-state index in [9.17, 15) is 0 Å². The number of guanidine groups is 1. The van der Waals surface area contributed by atoms with Crippen LogP contribution in [-0.4, -0.2) is 48.6 Å². The lowest BCUT2D eigenvalue weighted by Crippen LogP contribution is -2.45. The van der Waals surface area contributed by atoms with Crippen molar-refractivity contribution in [3.05, 3.63) is 29.6 Å². The zero-order valence-electron chi connectivity index (χ0n) is 15.2. The van der Waals surface area contributed by atoms with E-state index >= 15 is 0 Å². The predicted octanol–water partition coefficient (Wildman–Crippen LogP) is 2.94.